The Labute approximate surface area is 337 Å². The second-order valence-electron chi connectivity index (χ2n) is 13.8. The van der Waals surface area contributed by atoms with Crippen LogP contribution in [0.3, 0.4) is 0 Å². The number of hydrogen-bond acceptors (Lipinski definition) is 1. The highest BCUT2D eigenvalue weighted by atomic mass is 16.1. The molecule has 0 aliphatic rings. The van der Waals surface area contributed by atoms with E-state index in [1.54, 1.807) is 6.08 Å². The van der Waals surface area contributed by atoms with Crippen LogP contribution >= 0.6 is 0 Å². The monoisotopic (exact) mass is 732 g/mol. The van der Waals surface area contributed by atoms with Gasteiger partial charge in [-0.3, -0.25) is 4.79 Å². The van der Waals surface area contributed by atoms with Gasteiger partial charge in [-0.05, 0) is 104 Å². The van der Waals surface area contributed by atoms with E-state index >= 15 is 0 Å². The molecule has 0 N–H and O–H groups in total. The van der Waals surface area contributed by atoms with Gasteiger partial charge in [-0.15, -0.1) is 0 Å². The van der Waals surface area contributed by atoms with E-state index < -0.39 is 0 Å². The fourth-order valence-electron chi connectivity index (χ4n) is 6.71. The molecule has 0 saturated carbocycles. The molecular formula is C56H44O. The number of carbonyl (C=O) groups is 1. The summed E-state index contributed by atoms with van der Waals surface area (Å²) in [6.45, 7) is 2.12. The Morgan fingerprint density at radius 2 is 0.579 bits per heavy atom. The Morgan fingerprint density at radius 1 is 0.298 bits per heavy atom. The number of ketones is 1. The van der Waals surface area contributed by atoms with E-state index in [-0.39, 0.29) is 5.78 Å². The lowest BCUT2D eigenvalue weighted by atomic mass is 9.93. The first-order valence-corrected chi connectivity index (χ1v) is 19.3. The Hall–Kier alpha value is -7.35. The van der Waals surface area contributed by atoms with Gasteiger partial charge in [0.15, 0.2) is 5.78 Å². The van der Waals surface area contributed by atoms with Crippen LogP contribution in [0.2, 0.25) is 0 Å². The van der Waals surface area contributed by atoms with Crippen molar-refractivity contribution in [2.24, 2.45) is 0 Å². The highest BCUT2D eigenvalue weighted by Gasteiger charge is 2.10. The Morgan fingerprint density at radius 3 is 0.930 bits per heavy atom. The van der Waals surface area contributed by atoms with Gasteiger partial charge in [0, 0.05) is 5.56 Å². The van der Waals surface area contributed by atoms with E-state index in [0.717, 1.165) is 27.8 Å². The fraction of sp³-hybridized carbons (Fsp3) is 0.0179. The zero-order valence-electron chi connectivity index (χ0n) is 32.1. The van der Waals surface area contributed by atoms with Crippen LogP contribution in [0.1, 0.15) is 34.0 Å². The van der Waals surface area contributed by atoms with Gasteiger partial charge in [0.05, 0.1) is 0 Å². The molecule has 0 aliphatic carbocycles. The highest BCUT2D eigenvalue weighted by Crippen LogP contribution is 2.33. The Bertz CT molecular complexity index is 2430. The summed E-state index contributed by atoms with van der Waals surface area (Å²) in [6, 6.07) is 78.6. The van der Waals surface area contributed by atoms with Gasteiger partial charge >= 0.3 is 0 Å². The van der Waals surface area contributed by atoms with Crippen molar-refractivity contribution < 1.29 is 4.79 Å². The molecule has 0 bridgehead atoms. The molecule has 1 heteroatoms. The van der Waals surface area contributed by atoms with E-state index in [4.69, 9.17) is 0 Å². The van der Waals surface area contributed by atoms with Crippen molar-refractivity contribution in [1.82, 2.24) is 0 Å². The smallest absolute Gasteiger partial charge is 0.186 e. The molecule has 0 unspecified atom stereocenters. The maximum absolute atomic E-state index is 13.1. The average molecular weight is 733 g/mol. The van der Waals surface area contributed by atoms with Crippen LogP contribution in [-0.4, -0.2) is 5.78 Å². The molecule has 0 heterocycles. The fourth-order valence-corrected chi connectivity index (χ4v) is 6.71. The Kier molecular flexibility index (Phi) is 12.8. The standard InChI is InChI=1S/C32H26O.C24H18/c1-25(26-14-6-2-7-15-26)22-30(27-16-8-3-9-17-27)23-31(28-18-10-4-11-19-28)24-32(33)29-20-12-5-13-21-29;1-4-10-19(11-5-1)22-16-23(20-12-6-2-7-13-20)18-24(17-22)21-14-8-3-9-15-21/h2-24H,1H3;1-18H/b25-22+,30-23-,31-24-;. The molecule has 8 rings (SSSR count). The van der Waals surface area contributed by atoms with Gasteiger partial charge in [0.25, 0.3) is 0 Å². The lowest BCUT2D eigenvalue weighted by Crippen LogP contribution is -1.96. The van der Waals surface area contributed by atoms with Crippen molar-refractivity contribution in [3.63, 3.8) is 0 Å². The van der Waals surface area contributed by atoms with E-state index in [1.165, 1.54) is 38.9 Å². The van der Waals surface area contributed by atoms with Crippen molar-refractivity contribution in [3.05, 3.63) is 271 Å². The summed E-state index contributed by atoms with van der Waals surface area (Å²) in [5.74, 6) is -0.0122. The van der Waals surface area contributed by atoms with Crippen LogP contribution in [0.5, 0.6) is 0 Å². The van der Waals surface area contributed by atoms with Gasteiger partial charge in [-0.2, -0.15) is 0 Å². The Balaban J connectivity index is 0.000000183. The minimum absolute atomic E-state index is 0.0122. The van der Waals surface area contributed by atoms with Gasteiger partial charge in [0.1, 0.15) is 0 Å². The summed E-state index contributed by atoms with van der Waals surface area (Å²) < 4.78 is 0. The molecule has 0 aromatic heterocycles. The normalized spacial score (nSPS) is 11.6. The maximum atomic E-state index is 13.1. The topological polar surface area (TPSA) is 17.1 Å². The van der Waals surface area contributed by atoms with E-state index in [0.29, 0.717) is 5.56 Å². The molecule has 0 radical (unpaired) electrons. The number of hydrogen-bond donors (Lipinski definition) is 0. The summed E-state index contributed by atoms with van der Waals surface area (Å²) in [5.41, 5.74) is 14.5. The van der Waals surface area contributed by atoms with Crippen LogP contribution in [0.4, 0.5) is 0 Å². The van der Waals surface area contributed by atoms with Gasteiger partial charge in [-0.25, -0.2) is 0 Å². The average Bonchev–Trinajstić information content (AvgIpc) is 3.30. The van der Waals surface area contributed by atoms with Gasteiger partial charge in [-0.1, -0.05) is 218 Å². The lowest BCUT2D eigenvalue weighted by Gasteiger charge is -2.11. The number of rotatable bonds is 10. The summed E-state index contributed by atoms with van der Waals surface area (Å²) in [6.07, 6.45) is 6.03. The zero-order valence-corrected chi connectivity index (χ0v) is 32.1. The van der Waals surface area contributed by atoms with E-state index in [2.05, 4.69) is 153 Å². The molecule has 0 spiro atoms. The van der Waals surface area contributed by atoms with Crippen molar-refractivity contribution in [3.8, 4) is 33.4 Å². The van der Waals surface area contributed by atoms with Crippen LogP contribution in [0, 0.1) is 0 Å². The van der Waals surface area contributed by atoms with Crippen molar-refractivity contribution in [2.75, 3.05) is 0 Å². The minimum atomic E-state index is -0.0122. The molecule has 57 heavy (non-hydrogen) atoms. The third-order valence-electron chi connectivity index (χ3n) is 9.73. The van der Waals surface area contributed by atoms with Crippen LogP contribution in [0.15, 0.2) is 249 Å². The van der Waals surface area contributed by atoms with Crippen LogP contribution in [-0.2, 0) is 0 Å². The van der Waals surface area contributed by atoms with Crippen molar-refractivity contribution in [1.29, 1.82) is 0 Å². The highest BCUT2D eigenvalue weighted by molar-refractivity contribution is 6.10. The maximum Gasteiger partial charge on any atom is 0.186 e. The summed E-state index contributed by atoms with van der Waals surface area (Å²) in [7, 11) is 0. The van der Waals surface area contributed by atoms with Gasteiger partial charge in [0.2, 0.25) is 0 Å². The number of allylic oxidation sites excluding steroid dienone is 6. The molecule has 8 aromatic rings. The van der Waals surface area contributed by atoms with Crippen molar-refractivity contribution in [2.45, 2.75) is 6.92 Å². The molecule has 274 valence electrons. The number of benzene rings is 8. The largest absolute Gasteiger partial charge is 0.289 e. The van der Waals surface area contributed by atoms with E-state index in [1.807, 2.05) is 97.1 Å². The predicted molar refractivity (Wildman–Crippen MR) is 242 cm³/mol. The van der Waals surface area contributed by atoms with Crippen LogP contribution in [0.25, 0.3) is 50.1 Å². The summed E-state index contributed by atoms with van der Waals surface area (Å²) in [4.78, 5) is 13.1. The zero-order chi connectivity index (χ0) is 39.1. The summed E-state index contributed by atoms with van der Waals surface area (Å²) >= 11 is 0. The molecule has 0 fully saturated rings. The first-order chi connectivity index (χ1) is 28.1. The van der Waals surface area contributed by atoms with Gasteiger partial charge < -0.3 is 0 Å². The SMILES string of the molecule is C\C(=C/C(=C/C(=C/C(=O)c1ccccc1)c1ccccc1)c1ccccc1)c1ccccc1.c1ccc(-c2cc(-c3ccccc3)cc(-c3ccccc3)c2)cc1. The van der Waals surface area contributed by atoms with Crippen molar-refractivity contribution >= 4 is 22.5 Å². The molecule has 0 aliphatic heterocycles. The predicted octanol–water partition coefficient (Wildman–Crippen LogP) is 14.8. The molecule has 1 nitrogen and oxygen atoms in total. The molecule has 0 amide bonds. The second-order valence-corrected chi connectivity index (χ2v) is 13.8. The minimum Gasteiger partial charge on any atom is -0.289 e. The van der Waals surface area contributed by atoms with Crippen LogP contribution < -0.4 is 0 Å². The molecule has 8 aromatic carbocycles. The summed E-state index contributed by atoms with van der Waals surface area (Å²) in [5, 5.41) is 0. The molecule has 0 saturated heterocycles. The molecule has 0 atom stereocenters. The quantitative estimate of drug-likeness (QED) is 0.0777. The third-order valence-corrected chi connectivity index (χ3v) is 9.73. The number of carbonyl (C=O) groups excluding carboxylic acids is 1. The lowest BCUT2D eigenvalue weighted by molar-refractivity contribution is 0.104. The van der Waals surface area contributed by atoms with E-state index in [9.17, 15) is 4.79 Å². The second kappa shape index (κ2) is 19.3. The first-order valence-electron chi connectivity index (χ1n) is 19.3. The molecular weight excluding hydrogens is 689 g/mol. The third kappa shape index (κ3) is 10.5. The first kappa shape index (κ1) is 37.9.